The summed E-state index contributed by atoms with van der Waals surface area (Å²) in [5, 5.41) is 1.28. The van der Waals surface area contributed by atoms with Crippen LogP contribution in [-0.2, 0) is 0 Å². The fraction of sp³-hybridized carbons (Fsp3) is 0.286. The normalized spacial score (nSPS) is 10.9. The lowest BCUT2D eigenvalue weighted by atomic mass is 10.1. The van der Waals surface area contributed by atoms with E-state index in [0.717, 1.165) is 20.1 Å². The van der Waals surface area contributed by atoms with E-state index >= 15 is 0 Å². The molecule has 0 amide bonds. The van der Waals surface area contributed by atoms with E-state index in [1.165, 1.54) is 0 Å². The van der Waals surface area contributed by atoms with Crippen molar-refractivity contribution in [2.24, 2.45) is 0 Å². The van der Waals surface area contributed by atoms with Crippen molar-refractivity contribution in [1.82, 2.24) is 0 Å². The van der Waals surface area contributed by atoms with Gasteiger partial charge in [0.2, 0.25) is 0 Å². The third kappa shape index (κ3) is 3.50. The van der Waals surface area contributed by atoms with Crippen molar-refractivity contribution in [2.75, 3.05) is 20.8 Å². The van der Waals surface area contributed by atoms with Crippen molar-refractivity contribution in [1.29, 1.82) is 0 Å². The van der Waals surface area contributed by atoms with Gasteiger partial charge in [-0.15, -0.1) is 0 Å². The molecule has 0 saturated carbocycles. The van der Waals surface area contributed by atoms with Gasteiger partial charge >= 0.3 is 0 Å². The Hall–Kier alpha value is -2.22. The Labute approximate surface area is 171 Å². The molecule has 0 bridgehead atoms. The zero-order valence-corrected chi connectivity index (χ0v) is 18.1. The molecule has 3 aromatic rings. The van der Waals surface area contributed by atoms with E-state index < -0.39 is 0 Å². The largest absolute Gasteiger partial charge is 0.493 e. The maximum absolute atomic E-state index is 13.0. The summed E-state index contributed by atoms with van der Waals surface area (Å²) in [6.45, 7) is 6.04. The number of halogens is 1. The van der Waals surface area contributed by atoms with Gasteiger partial charge in [0, 0.05) is 0 Å². The van der Waals surface area contributed by atoms with Gasteiger partial charge in [0.1, 0.15) is 17.3 Å². The van der Waals surface area contributed by atoms with Crippen LogP contribution in [0.3, 0.4) is 0 Å². The fourth-order valence-electron chi connectivity index (χ4n) is 3.27. The fourth-order valence-corrected chi connectivity index (χ4v) is 4.09. The van der Waals surface area contributed by atoms with E-state index in [1.54, 1.807) is 27.2 Å². The first-order valence-corrected chi connectivity index (χ1v) is 9.61. The number of fused-ring (bicyclic) bond motifs is 1. The third-order valence-corrected chi connectivity index (χ3v) is 5.19. The molecule has 0 spiro atoms. The van der Waals surface area contributed by atoms with Gasteiger partial charge in [0.05, 0.1) is 35.2 Å². The van der Waals surface area contributed by atoms with Crippen LogP contribution in [0.5, 0.6) is 17.2 Å². The molecule has 27 heavy (non-hydrogen) atoms. The zero-order chi connectivity index (χ0) is 19.7. The number of hydrogen-bond donors (Lipinski definition) is 0. The van der Waals surface area contributed by atoms with E-state index in [-0.39, 0.29) is 5.43 Å². The molecule has 0 atom stereocenters. The highest BCUT2D eigenvalue weighted by molar-refractivity contribution is 14.1. The molecule has 0 saturated heterocycles. The van der Waals surface area contributed by atoms with Gasteiger partial charge in [-0.25, -0.2) is 0 Å². The lowest BCUT2D eigenvalue weighted by Crippen LogP contribution is -1.97. The van der Waals surface area contributed by atoms with Crippen molar-refractivity contribution >= 4 is 33.4 Å². The Balaban J connectivity index is 2.37. The number of methoxy groups -OCH3 is 2. The van der Waals surface area contributed by atoms with E-state index in [4.69, 9.17) is 18.6 Å². The van der Waals surface area contributed by atoms with E-state index in [1.807, 2.05) is 32.0 Å². The topological polar surface area (TPSA) is 57.9 Å². The molecule has 1 heterocycles. The number of rotatable bonds is 5. The lowest BCUT2D eigenvalue weighted by molar-refractivity contribution is 0.344. The van der Waals surface area contributed by atoms with E-state index in [0.29, 0.717) is 40.8 Å². The third-order valence-electron chi connectivity index (χ3n) is 4.39. The van der Waals surface area contributed by atoms with Crippen LogP contribution in [0.1, 0.15) is 18.4 Å². The molecule has 2 aromatic carbocycles. The van der Waals surface area contributed by atoms with Crippen molar-refractivity contribution in [3.05, 3.63) is 49.6 Å². The molecule has 0 aliphatic heterocycles. The van der Waals surface area contributed by atoms with Crippen LogP contribution in [0, 0.1) is 17.4 Å². The summed E-state index contributed by atoms with van der Waals surface area (Å²) >= 11 is 2.19. The Bertz CT molecular complexity index is 1070. The van der Waals surface area contributed by atoms with E-state index in [2.05, 4.69) is 22.6 Å². The highest BCUT2D eigenvalue weighted by Gasteiger charge is 2.17. The quantitative estimate of drug-likeness (QED) is 0.476. The van der Waals surface area contributed by atoms with Gasteiger partial charge in [-0.3, -0.25) is 4.79 Å². The number of benzene rings is 1. The van der Waals surface area contributed by atoms with Crippen molar-refractivity contribution < 1.29 is 18.6 Å². The Morgan fingerprint density at radius 3 is 2.19 bits per heavy atom. The first-order chi connectivity index (χ1) is 12.9. The summed E-state index contributed by atoms with van der Waals surface area (Å²) in [4.78, 5) is 13.0. The SMILES string of the molecule is CCOc1cc(-c2cc(I)c(OC)c(OC)c2)cc(=O)c2c(C)oc(C)c12. The second-order valence-electron chi connectivity index (χ2n) is 6.06. The number of hydrogen-bond acceptors (Lipinski definition) is 5. The Morgan fingerprint density at radius 1 is 0.926 bits per heavy atom. The molecular weight excluding hydrogens is 459 g/mol. The van der Waals surface area contributed by atoms with Gasteiger partial charge in [-0.05, 0) is 78.8 Å². The standard InChI is InChI=1S/C21H21IO5/c1-6-26-17-9-14(8-16(23)19-11(2)27-12(3)20(17)19)13-7-15(22)21(25-5)18(10-13)24-4/h7-10H,6H2,1-5H3. The molecule has 0 N–H and O–H groups in total. The monoisotopic (exact) mass is 480 g/mol. The average Bonchev–Trinajstić information content (AvgIpc) is 2.84. The molecule has 0 fully saturated rings. The smallest absolute Gasteiger partial charge is 0.190 e. The summed E-state index contributed by atoms with van der Waals surface area (Å²) in [6.07, 6.45) is 0. The zero-order valence-electron chi connectivity index (χ0n) is 15.9. The van der Waals surface area contributed by atoms with Crippen LogP contribution in [-0.4, -0.2) is 20.8 Å². The molecule has 142 valence electrons. The number of ether oxygens (including phenoxy) is 3. The first kappa shape index (κ1) is 19.5. The average molecular weight is 480 g/mol. The molecule has 1 aromatic heterocycles. The molecule has 6 heteroatoms. The summed E-state index contributed by atoms with van der Waals surface area (Å²) in [5.74, 6) is 3.17. The van der Waals surface area contributed by atoms with Crippen molar-refractivity contribution in [3.8, 4) is 28.4 Å². The predicted octanol–water partition coefficient (Wildman–Crippen LogP) is 5.10. The van der Waals surface area contributed by atoms with Crippen molar-refractivity contribution in [2.45, 2.75) is 20.8 Å². The highest BCUT2D eigenvalue weighted by Crippen LogP contribution is 2.39. The Morgan fingerprint density at radius 2 is 1.56 bits per heavy atom. The maximum Gasteiger partial charge on any atom is 0.190 e. The van der Waals surface area contributed by atoms with Gasteiger partial charge < -0.3 is 18.6 Å². The minimum atomic E-state index is -0.106. The number of aryl methyl sites for hydroxylation is 2. The van der Waals surface area contributed by atoms with Gasteiger partial charge in [-0.2, -0.15) is 0 Å². The summed E-state index contributed by atoms with van der Waals surface area (Å²) < 4.78 is 23.3. The Kier molecular flexibility index (Phi) is 5.64. The molecule has 3 rings (SSSR count). The van der Waals surface area contributed by atoms with Crippen LogP contribution >= 0.6 is 22.6 Å². The summed E-state index contributed by atoms with van der Waals surface area (Å²) in [7, 11) is 3.20. The minimum absolute atomic E-state index is 0.106. The van der Waals surface area contributed by atoms with E-state index in [9.17, 15) is 4.79 Å². The molecule has 0 aliphatic carbocycles. The molecule has 0 radical (unpaired) electrons. The van der Waals surface area contributed by atoms with Crippen LogP contribution in [0.15, 0.2) is 33.5 Å². The summed E-state index contributed by atoms with van der Waals surface area (Å²) in [6, 6.07) is 7.32. The molecule has 5 nitrogen and oxygen atoms in total. The van der Waals surface area contributed by atoms with Gasteiger partial charge in [0.25, 0.3) is 0 Å². The van der Waals surface area contributed by atoms with Crippen LogP contribution in [0.4, 0.5) is 0 Å². The van der Waals surface area contributed by atoms with Crippen LogP contribution in [0.2, 0.25) is 0 Å². The molecular formula is C21H21IO5. The first-order valence-electron chi connectivity index (χ1n) is 8.54. The highest BCUT2D eigenvalue weighted by atomic mass is 127. The second kappa shape index (κ2) is 7.80. The van der Waals surface area contributed by atoms with Gasteiger partial charge in [-0.1, -0.05) is 0 Å². The van der Waals surface area contributed by atoms with Crippen molar-refractivity contribution in [3.63, 3.8) is 0 Å². The number of furan rings is 1. The van der Waals surface area contributed by atoms with Crippen LogP contribution < -0.4 is 19.6 Å². The second-order valence-corrected chi connectivity index (χ2v) is 7.23. The van der Waals surface area contributed by atoms with Crippen LogP contribution in [0.25, 0.3) is 21.9 Å². The minimum Gasteiger partial charge on any atom is -0.493 e. The van der Waals surface area contributed by atoms with Gasteiger partial charge in [0.15, 0.2) is 16.9 Å². The molecule has 0 unspecified atom stereocenters. The molecule has 0 aliphatic rings. The lowest BCUT2D eigenvalue weighted by Gasteiger charge is -2.12. The maximum atomic E-state index is 13.0. The summed E-state index contributed by atoms with van der Waals surface area (Å²) in [5.41, 5.74) is 1.49. The predicted molar refractivity (Wildman–Crippen MR) is 114 cm³/mol.